The Bertz CT molecular complexity index is 1190. The minimum absolute atomic E-state index is 0.0152. The van der Waals surface area contributed by atoms with Crippen LogP contribution in [0.2, 0.25) is 0 Å². The van der Waals surface area contributed by atoms with Crippen LogP contribution >= 0.6 is 0 Å². The van der Waals surface area contributed by atoms with Crippen molar-refractivity contribution >= 4 is 17.9 Å². The fourth-order valence-electron chi connectivity index (χ4n) is 5.64. The number of carboxylic acid groups (broad SMARTS) is 1. The van der Waals surface area contributed by atoms with Crippen molar-refractivity contribution in [1.29, 1.82) is 0 Å². The highest BCUT2D eigenvalue weighted by Gasteiger charge is 2.25. The van der Waals surface area contributed by atoms with E-state index in [0.717, 1.165) is 89.9 Å². The molecule has 0 aliphatic rings. The highest BCUT2D eigenvalue weighted by atomic mass is 16.6. The van der Waals surface area contributed by atoms with Crippen LogP contribution in [0.15, 0.2) is 85.1 Å². The summed E-state index contributed by atoms with van der Waals surface area (Å²) in [5, 5.41) is 11.6. The van der Waals surface area contributed by atoms with Crippen LogP contribution in [0.25, 0.3) is 0 Å². The number of carbonyl (C=O) groups excluding carboxylic acids is 3. The van der Waals surface area contributed by atoms with Gasteiger partial charge in [0.1, 0.15) is 12.6 Å². The lowest BCUT2D eigenvalue weighted by Crippen LogP contribution is -2.55. The van der Waals surface area contributed by atoms with E-state index in [-0.39, 0.29) is 49.1 Å². The zero-order valence-corrected chi connectivity index (χ0v) is 36.0. The van der Waals surface area contributed by atoms with Gasteiger partial charge in [-0.15, -0.1) is 0 Å². The Hall–Kier alpha value is -3.49. The van der Waals surface area contributed by atoms with Crippen molar-refractivity contribution in [2.24, 2.45) is 0 Å². The summed E-state index contributed by atoms with van der Waals surface area (Å²) < 4.78 is 17.1. The van der Waals surface area contributed by atoms with Crippen molar-refractivity contribution in [2.45, 2.75) is 161 Å². The molecule has 0 saturated heterocycles. The maximum absolute atomic E-state index is 12.7. The molecule has 2 atom stereocenters. The molecule has 0 aromatic rings. The molecule has 0 bridgehead atoms. The second-order valence-corrected chi connectivity index (χ2v) is 15.2. The van der Waals surface area contributed by atoms with Crippen molar-refractivity contribution < 1.29 is 38.2 Å². The number of allylic oxidation sites excluding steroid dienone is 14. The highest BCUT2D eigenvalue weighted by Crippen LogP contribution is 2.12. The molecule has 0 rings (SSSR count). The normalized spacial score (nSPS) is 13.8. The van der Waals surface area contributed by atoms with Gasteiger partial charge in [0.2, 0.25) is 0 Å². The second kappa shape index (κ2) is 38.4. The summed E-state index contributed by atoms with van der Waals surface area (Å²) >= 11 is 0. The first-order valence-corrected chi connectivity index (χ1v) is 21.6. The van der Waals surface area contributed by atoms with Gasteiger partial charge in [-0.1, -0.05) is 131 Å². The molecular weight excluding hydrogens is 703 g/mol. The molecule has 8 heteroatoms. The van der Waals surface area contributed by atoms with Gasteiger partial charge in [-0.2, -0.15) is 0 Å². The average Bonchev–Trinajstić information content (AvgIpc) is 3.15. The van der Waals surface area contributed by atoms with Crippen molar-refractivity contribution in [3.05, 3.63) is 85.1 Å². The molecule has 0 amide bonds. The maximum atomic E-state index is 12.7. The van der Waals surface area contributed by atoms with Crippen LogP contribution in [-0.4, -0.2) is 75.5 Å². The number of esters is 2. The molecule has 318 valence electrons. The zero-order valence-electron chi connectivity index (χ0n) is 36.0. The minimum Gasteiger partial charge on any atom is -0.544 e. The lowest BCUT2D eigenvalue weighted by atomic mass is 10.1. The SMILES string of the molecule is CC/C=C/C/C=C/C/C=C/C/C=C/C/C=C/C/C=C/CCCCC(=O)OC(COCCC(C(=O)[O-])[N+](C)(C)C)COC(=O)CCCCCCC/C=C/CCCC. The monoisotopic (exact) mass is 782 g/mol. The Morgan fingerprint density at radius 1 is 0.554 bits per heavy atom. The van der Waals surface area contributed by atoms with Gasteiger partial charge >= 0.3 is 11.9 Å². The summed E-state index contributed by atoms with van der Waals surface area (Å²) in [5.74, 6) is -1.82. The smallest absolute Gasteiger partial charge is 0.306 e. The van der Waals surface area contributed by atoms with Gasteiger partial charge in [0.15, 0.2) is 6.10 Å². The number of ether oxygens (including phenoxy) is 3. The van der Waals surface area contributed by atoms with E-state index in [9.17, 15) is 19.5 Å². The minimum atomic E-state index is -1.14. The zero-order chi connectivity index (χ0) is 41.4. The van der Waals surface area contributed by atoms with Crippen LogP contribution < -0.4 is 5.11 Å². The summed E-state index contributed by atoms with van der Waals surface area (Å²) in [7, 11) is 5.37. The standard InChI is InChI=1S/C48H79NO7/c1-6-8-10-12-14-16-18-19-20-21-22-23-24-25-26-27-29-31-33-35-37-39-47(51)56-44(42-54-41-40-45(48(52)53)49(3,4)5)43-55-46(50)38-36-34-32-30-28-17-15-13-11-9-7-2/h8,10,13-16,19-20,22-23,25-26,29,31,44-45H,6-7,9,11-12,17-18,21,24,27-28,30,32-43H2,1-5H3/b10-8+,15-13+,16-14+,20-19+,23-22+,26-25+,31-29+. The van der Waals surface area contributed by atoms with Crippen LogP contribution in [0, 0.1) is 0 Å². The van der Waals surface area contributed by atoms with Crippen LogP contribution in [0.3, 0.4) is 0 Å². The molecule has 0 spiro atoms. The van der Waals surface area contributed by atoms with Gasteiger partial charge in [-0.25, -0.2) is 0 Å². The fraction of sp³-hybridized carbons (Fsp3) is 0.646. The van der Waals surface area contributed by atoms with Gasteiger partial charge in [0, 0.05) is 19.3 Å². The maximum Gasteiger partial charge on any atom is 0.306 e. The van der Waals surface area contributed by atoms with E-state index in [0.29, 0.717) is 12.8 Å². The molecule has 0 fully saturated rings. The van der Waals surface area contributed by atoms with Crippen molar-refractivity contribution in [3.63, 3.8) is 0 Å². The molecule has 56 heavy (non-hydrogen) atoms. The molecule has 8 nitrogen and oxygen atoms in total. The van der Waals surface area contributed by atoms with E-state index in [2.05, 4.69) is 98.9 Å². The third-order valence-electron chi connectivity index (χ3n) is 9.02. The Labute approximate surface area is 342 Å². The van der Waals surface area contributed by atoms with E-state index in [1.165, 1.54) is 19.3 Å². The van der Waals surface area contributed by atoms with Gasteiger partial charge in [0.05, 0.1) is 40.3 Å². The number of likely N-dealkylation sites (N-methyl/N-ethyl adjacent to an activating group) is 1. The summed E-state index contributed by atoms with van der Waals surface area (Å²) in [6.07, 6.45) is 49.0. The number of unbranched alkanes of at least 4 members (excludes halogenated alkanes) is 9. The van der Waals surface area contributed by atoms with Crippen molar-refractivity contribution in [3.8, 4) is 0 Å². The first-order chi connectivity index (χ1) is 27.1. The first kappa shape index (κ1) is 52.5. The predicted molar refractivity (Wildman–Crippen MR) is 231 cm³/mol. The summed E-state index contributed by atoms with van der Waals surface area (Å²) in [6, 6.07) is -0.739. The molecule has 2 unspecified atom stereocenters. The number of hydrogen-bond donors (Lipinski definition) is 0. The van der Waals surface area contributed by atoms with Crippen molar-refractivity contribution in [2.75, 3.05) is 41.0 Å². The molecule has 0 aromatic heterocycles. The van der Waals surface area contributed by atoms with E-state index in [4.69, 9.17) is 14.2 Å². The summed E-state index contributed by atoms with van der Waals surface area (Å²) in [4.78, 5) is 36.8. The number of hydrogen-bond acceptors (Lipinski definition) is 7. The predicted octanol–water partition coefficient (Wildman–Crippen LogP) is 10.4. The van der Waals surface area contributed by atoms with Gasteiger partial charge in [-0.3, -0.25) is 9.59 Å². The Morgan fingerprint density at radius 2 is 1.00 bits per heavy atom. The number of nitrogens with zero attached hydrogens (tertiary/aromatic N) is 1. The van der Waals surface area contributed by atoms with E-state index < -0.39 is 18.1 Å². The summed E-state index contributed by atoms with van der Waals surface area (Å²) in [5.41, 5.74) is 0. The quantitative estimate of drug-likeness (QED) is 0.0268. The molecule has 0 N–H and O–H groups in total. The van der Waals surface area contributed by atoms with E-state index in [1.807, 2.05) is 0 Å². The number of aliphatic carboxylic acids is 1. The molecular formula is C48H79NO7. The molecule has 0 radical (unpaired) electrons. The van der Waals surface area contributed by atoms with Crippen LogP contribution in [0.1, 0.15) is 149 Å². The van der Waals surface area contributed by atoms with E-state index in [1.54, 1.807) is 21.1 Å². The van der Waals surface area contributed by atoms with Gasteiger partial charge in [-0.05, 0) is 83.5 Å². The summed E-state index contributed by atoms with van der Waals surface area (Å²) in [6.45, 7) is 4.43. The number of carboxylic acids is 1. The molecule has 0 saturated carbocycles. The largest absolute Gasteiger partial charge is 0.544 e. The lowest BCUT2D eigenvalue weighted by molar-refractivity contribution is -0.889. The Morgan fingerprint density at radius 3 is 1.54 bits per heavy atom. The number of quaternary nitrogens is 1. The molecule has 0 heterocycles. The third-order valence-corrected chi connectivity index (χ3v) is 9.02. The lowest BCUT2D eigenvalue weighted by Gasteiger charge is -2.34. The van der Waals surface area contributed by atoms with Gasteiger partial charge in [0.25, 0.3) is 0 Å². The number of rotatable bonds is 37. The highest BCUT2D eigenvalue weighted by molar-refractivity contribution is 5.70. The first-order valence-electron chi connectivity index (χ1n) is 21.6. The fourth-order valence-corrected chi connectivity index (χ4v) is 5.64. The topological polar surface area (TPSA) is 102 Å². The molecule has 0 aromatic carbocycles. The Balaban J connectivity index is 4.45. The Kier molecular flexibility index (Phi) is 36.0. The van der Waals surface area contributed by atoms with E-state index >= 15 is 0 Å². The average molecular weight is 782 g/mol. The van der Waals surface area contributed by atoms with Gasteiger partial charge < -0.3 is 28.6 Å². The van der Waals surface area contributed by atoms with Crippen LogP contribution in [0.5, 0.6) is 0 Å². The number of carbonyl (C=O) groups is 3. The van der Waals surface area contributed by atoms with Crippen LogP contribution in [0.4, 0.5) is 0 Å². The molecule has 0 aliphatic heterocycles. The second-order valence-electron chi connectivity index (χ2n) is 15.2. The van der Waals surface area contributed by atoms with Crippen LogP contribution in [-0.2, 0) is 28.6 Å². The third kappa shape index (κ3) is 36.2. The molecule has 0 aliphatic carbocycles. The van der Waals surface area contributed by atoms with Crippen molar-refractivity contribution in [1.82, 2.24) is 0 Å².